The molecule has 1 aliphatic heterocycles. The van der Waals surface area contributed by atoms with E-state index in [1.165, 1.54) is 6.07 Å². The average Bonchev–Trinajstić information content (AvgIpc) is 2.77. The summed E-state index contributed by atoms with van der Waals surface area (Å²) in [6.45, 7) is 4.67. The molecular weight excluding hydrogens is 280 g/mol. The summed E-state index contributed by atoms with van der Waals surface area (Å²) in [5, 5.41) is 2.59. The molecule has 1 aromatic rings. The second-order valence-corrected chi connectivity index (χ2v) is 6.33. The van der Waals surface area contributed by atoms with Crippen LogP contribution in [-0.4, -0.2) is 33.5 Å². The summed E-state index contributed by atoms with van der Waals surface area (Å²) in [4.78, 5) is 11.6. The maximum absolute atomic E-state index is 12.2. The van der Waals surface area contributed by atoms with Crippen molar-refractivity contribution in [3.05, 3.63) is 23.8 Å². The first kappa shape index (κ1) is 14.8. The molecule has 110 valence electrons. The van der Waals surface area contributed by atoms with Gasteiger partial charge in [-0.2, -0.15) is 4.72 Å². The molecule has 1 aliphatic rings. The van der Waals surface area contributed by atoms with Gasteiger partial charge < -0.3 is 10.1 Å². The van der Waals surface area contributed by atoms with E-state index in [9.17, 15) is 13.2 Å². The number of rotatable bonds is 5. The Bertz CT molecular complexity index is 613. The van der Waals surface area contributed by atoms with Gasteiger partial charge in [0.2, 0.25) is 15.9 Å². The summed E-state index contributed by atoms with van der Waals surface area (Å²) in [5.74, 6) is 0.376. The van der Waals surface area contributed by atoms with Gasteiger partial charge in [-0.25, -0.2) is 8.42 Å². The Hall–Kier alpha value is -1.60. The Kier molecular flexibility index (Phi) is 4.29. The van der Waals surface area contributed by atoms with Crippen molar-refractivity contribution in [1.82, 2.24) is 10.0 Å². The van der Waals surface area contributed by atoms with Gasteiger partial charge in [-0.3, -0.25) is 4.79 Å². The second-order valence-electron chi connectivity index (χ2n) is 4.61. The zero-order valence-corrected chi connectivity index (χ0v) is 12.3. The van der Waals surface area contributed by atoms with Crippen LogP contribution in [0.15, 0.2) is 23.1 Å². The third-order valence-electron chi connectivity index (χ3n) is 3.10. The maximum atomic E-state index is 12.2. The zero-order valence-electron chi connectivity index (χ0n) is 11.5. The lowest BCUT2D eigenvalue weighted by Crippen LogP contribution is -2.40. The van der Waals surface area contributed by atoms with E-state index in [0.29, 0.717) is 25.3 Å². The number of carbonyl (C=O) groups excluding carboxylic acids is 1. The number of benzene rings is 1. The van der Waals surface area contributed by atoms with Crippen molar-refractivity contribution in [3.63, 3.8) is 0 Å². The molecule has 2 N–H and O–H groups in total. The van der Waals surface area contributed by atoms with Crippen LogP contribution in [0.1, 0.15) is 18.9 Å². The number of hydrogen-bond acceptors (Lipinski definition) is 4. The van der Waals surface area contributed by atoms with Crippen molar-refractivity contribution in [2.45, 2.75) is 31.2 Å². The Balaban J connectivity index is 2.21. The summed E-state index contributed by atoms with van der Waals surface area (Å²) in [7, 11) is -3.70. The highest BCUT2D eigenvalue weighted by molar-refractivity contribution is 7.89. The maximum Gasteiger partial charge on any atom is 0.241 e. The van der Waals surface area contributed by atoms with Crippen LogP contribution in [0.5, 0.6) is 5.75 Å². The van der Waals surface area contributed by atoms with Gasteiger partial charge in [-0.15, -0.1) is 0 Å². The molecule has 2 rings (SSSR count). The minimum atomic E-state index is -3.70. The van der Waals surface area contributed by atoms with E-state index in [1.54, 1.807) is 19.1 Å². The standard InChI is InChI=1S/C13H18N2O4S/c1-3-19-12-5-4-10(8-9(12)2)20(17,18)15-11-6-7-14-13(11)16/h4-5,8,11,15H,3,6-7H2,1-2H3,(H,14,16). The summed E-state index contributed by atoms with van der Waals surface area (Å²) in [5.41, 5.74) is 0.741. The zero-order chi connectivity index (χ0) is 14.8. The molecule has 20 heavy (non-hydrogen) atoms. The van der Waals surface area contributed by atoms with Gasteiger partial charge in [-0.1, -0.05) is 0 Å². The quantitative estimate of drug-likeness (QED) is 0.832. The van der Waals surface area contributed by atoms with Gasteiger partial charge in [0.15, 0.2) is 0 Å². The van der Waals surface area contributed by atoms with E-state index in [4.69, 9.17) is 4.74 Å². The van der Waals surface area contributed by atoms with Crippen molar-refractivity contribution in [3.8, 4) is 5.75 Å². The summed E-state index contributed by atoms with van der Waals surface area (Å²) in [6, 6.07) is 3.96. The van der Waals surface area contributed by atoms with E-state index < -0.39 is 16.1 Å². The molecule has 0 aromatic heterocycles. The highest BCUT2D eigenvalue weighted by Crippen LogP contribution is 2.22. The fourth-order valence-corrected chi connectivity index (χ4v) is 3.38. The van der Waals surface area contributed by atoms with Crippen LogP contribution in [0.25, 0.3) is 0 Å². The van der Waals surface area contributed by atoms with Crippen LogP contribution < -0.4 is 14.8 Å². The minimum absolute atomic E-state index is 0.137. The topological polar surface area (TPSA) is 84.5 Å². The van der Waals surface area contributed by atoms with Gasteiger partial charge >= 0.3 is 0 Å². The summed E-state index contributed by atoms with van der Waals surface area (Å²) in [6.07, 6.45) is 0.466. The average molecular weight is 298 g/mol. The van der Waals surface area contributed by atoms with Crippen LogP contribution >= 0.6 is 0 Å². The lowest BCUT2D eigenvalue weighted by molar-refractivity contribution is -0.120. The van der Waals surface area contributed by atoms with E-state index in [2.05, 4.69) is 10.0 Å². The van der Waals surface area contributed by atoms with Gasteiger partial charge in [0.1, 0.15) is 11.8 Å². The Morgan fingerprint density at radius 3 is 2.75 bits per heavy atom. The fourth-order valence-electron chi connectivity index (χ4n) is 2.07. The fraction of sp³-hybridized carbons (Fsp3) is 0.462. The molecule has 1 heterocycles. The van der Waals surface area contributed by atoms with Gasteiger partial charge in [-0.05, 0) is 44.0 Å². The monoisotopic (exact) mass is 298 g/mol. The number of amides is 1. The Morgan fingerprint density at radius 1 is 1.45 bits per heavy atom. The normalized spacial score (nSPS) is 18.9. The van der Waals surface area contributed by atoms with Crippen molar-refractivity contribution in [2.24, 2.45) is 0 Å². The van der Waals surface area contributed by atoms with Crippen LogP contribution in [0.2, 0.25) is 0 Å². The molecule has 0 saturated carbocycles. The second kappa shape index (κ2) is 5.80. The molecule has 0 bridgehead atoms. The highest BCUT2D eigenvalue weighted by Gasteiger charge is 2.29. The highest BCUT2D eigenvalue weighted by atomic mass is 32.2. The predicted molar refractivity (Wildman–Crippen MR) is 74.1 cm³/mol. The molecule has 6 nitrogen and oxygen atoms in total. The third-order valence-corrected chi connectivity index (χ3v) is 4.57. The Morgan fingerprint density at radius 2 is 2.20 bits per heavy atom. The first-order valence-electron chi connectivity index (χ1n) is 6.47. The smallest absolute Gasteiger partial charge is 0.241 e. The number of sulfonamides is 1. The van der Waals surface area contributed by atoms with Gasteiger partial charge in [0.05, 0.1) is 11.5 Å². The first-order valence-corrected chi connectivity index (χ1v) is 7.96. The molecule has 1 fully saturated rings. The Labute approximate surface area is 118 Å². The molecule has 0 aliphatic carbocycles. The number of carbonyl (C=O) groups is 1. The molecule has 7 heteroatoms. The van der Waals surface area contributed by atoms with Gasteiger partial charge in [0.25, 0.3) is 0 Å². The molecule has 1 aromatic carbocycles. The van der Waals surface area contributed by atoms with Crippen molar-refractivity contribution in [2.75, 3.05) is 13.2 Å². The molecule has 1 atom stereocenters. The van der Waals surface area contributed by atoms with Gasteiger partial charge in [0, 0.05) is 6.54 Å². The van der Waals surface area contributed by atoms with Crippen molar-refractivity contribution < 1.29 is 17.9 Å². The third kappa shape index (κ3) is 3.10. The molecule has 1 saturated heterocycles. The lowest BCUT2D eigenvalue weighted by atomic mass is 10.2. The minimum Gasteiger partial charge on any atom is -0.494 e. The predicted octanol–water partition coefficient (Wildman–Crippen LogP) is 0.561. The summed E-state index contributed by atoms with van der Waals surface area (Å²) < 4.78 is 32.2. The van der Waals surface area contributed by atoms with Crippen LogP contribution in [0, 0.1) is 6.92 Å². The van der Waals surface area contributed by atoms with Crippen LogP contribution in [0.3, 0.4) is 0 Å². The van der Waals surface area contributed by atoms with E-state index in [1.807, 2.05) is 6.92 Å². The van der Waals surface area contributed by atoms with Crippen LogP contribution in [0.4, 0.5) is 0 Å². The molecular formula is C13H18N2O4S. The largest absolute Gasteiger partial charge is 0.494 e. The number of aryl methyl sites for hydroxylation is 1. The van der Waals surface area contributed by atoms with Crippen LogP contribution in [-0.2, 0) is 14.8 Å². The summed E-state index contributed by atoms with van der Waals surface area (Å²) >= 11 is 0. The lowest BCUT2D eigenvalue weighted by Gasteiger charge is -2.13. The van der Waals surface area contributed by atoms with E-state index in [0.717, 1.165) is 5.56 Å². The number of ether oxygens (including phenoxy) is 1. The first-order chi connectivity index (χ1) is 9.44. The molecule has 1 amide bonds. The molecule has 1 unspecified atom stereocenters. The van der Waals surface area contributed by atoms with Crippen molar-refractivity contribution in [1.29, 1.82) is 0 Å². The van der Waals surface area contributed by atoms with E-state index >= 15 is 0 Å². The number of nitrogens with one attached hydrogen (secondary N) is 2. The van der Waals surface area contributed by atoms with Crippen molar-refractivity contribution >= 4 is 15.9 Å². The SMILES string of the molecule is CCOc1ccc(S(=O)(=O)NC2CCNC2=O)cc1C. The van der Waals surface area contributed by atoms with E-state index in [-0.39, 0.29) is 10.8 Å². The molecule has 0 radical (unpaired) electrons. The molecule has 0 spiro atoms. The number of hydrogen-bond donors (Lipinski definition) is 2.